The van der Waals surface area contributed by atoms with Crippen LogP contribution in [0.5, 0.6) is 0 Å². The summed E-state index contributed by atoms with van der Waals surface area (Å²) < 4.78 is 5.91. The van der Waals surface area contributed by atoms with Crippen molar-refractivity contribution in [2.24, 2.45) is 29.6 Å². The minimum absolute atomic E-state index is 0.520. The molecule has 0 aliphatic heterocycles. The maximum atomic E-state index is 5.91. The van der Waals surface area contributed by atoms with Gasteiger partial charge in [0.05, 0.1) is 6.10 Å². The molecule has 0 spiro atoms. The Morgan fingerprint density at radius 1 is 0.654 bits per heavy atom. The molecule has 0 atom stereocenters. The minimum atomic E-state index is 0.520. The summed E-state index contributed by atoms with van der Waals surface area (Å²) >= 11 is 0. The molecule has 0 radical (unpaired) electrons. The molecule has 0 unspecified atom stereocenters. The first kappa shape index (κ1) is 20.3. The molecule has 3 rings (SSSR count). The first-order valence-electron chi connectivity index (χ1n) is 11.9. The van der Waals surface area contributed by atoms with E-state index in [1.165, 1.54) is 83.5 Å². The van der Waals surface area contributed by atoms with E-state index in [-0.39, 0.29) is 0 Å². The fourth-order valence-electron chi connectivity index (χ4n) is 5.70. The molecule has 0 heterocycles. The second-order valence-electron chi connectivity index (χ2n) is 9.43. The predicted octanol–water partition coefficient (Wildman–Crippen LogP) is 7.00. The van der Waals surface area contributed by atoms with Crippen molar-refractivity contribution in [2.75, 3.05) is 6.61 Å². The molecule has 0 aromatic rings. The fraction of sp³-hybridized carbons (Fsp3) is 0.920. The molecule has 0 saturated heterocycles. The number of ether oxygens (including phenoxy) is 1. The normalized spacial score (nSPS) is 38.4. The molecule has 0 aromatic heterocycles. The average molecular weight is 359 g/mol. The maximum Gasteiger partial charge on any atom is 0.0576 e. The second-order valence-corrected chi connectivity index (χ2v) is 9.43. The van der Waals surface area contributed by atoms with E-state index in [0.717, 1.165) is 30.8 Å². The van der Waals surface area contributed by atoms with Gasteiger partial charge in [-0.05, 0) is 88.4 Å². The van der Waals surface area contributed by atoms with E-state index in [2.05, 4.69) is 25.7 Å². The van der Waals surface area contributed by atoms with Gasteiger partial charge in [-0.3, -0.25) is 0 Å². The maximum absolute atomic E-state index is 5.91. The molecule has 1 nitrogen and oxygen atoms in total. The summed E-state index contributed by atoms with van der Waals surface area (Å²) in [4.78, 5) is 0. The standard InChI is InChI=1S/C25H42O/c1-3-19-26-25-17-11-22(12-18-25)6-5-21-9-15-24(16-10-21)23-13-7-20(4-2)8-14-23/h20-25H,3-4,7-19H2,1-2H3. The van der Waals surface area contributed by atoms with Gasteiger partial charge in [0.2, 0.25) is 0 Å². The van der Waals surface area contributed by atoms with Crippen LogP contribution in [0.15, 0.2) is 0 Å². The largest absolute Gasteiger partial charge is 0.378 e. The van der Waals surface area contributed by atoms with Crippen LogP contribution in [0.2, 0.25) is 0 Å². The Hall–Kier alpha value is -0.480. The highest BCUT2D eigenvalue weighted by atomic mass is 16.5. The summed E-state index contributed by atoms with van der Waals surface area (Å²) in [5.74, 6) is 11.8. The van der Waals surface area contributed by atoms with Crippen LogP contribution in [0.3, 0.4) is 0 Å². The van der Waals surface area contributed by atoms with Crippen LogP contribution in [-0.4, -0.2) is 12.7 Å². The predicted molar refractivity (Wildman–Crippen MR) is 111 cm³/mol. The fourth-order valence-corrected chi connectivity index (χ4v) is 5.70. The van der Waals surface area contributed by atoms with Gasteiger partial charge in [-0.25, -0.2) is 0 Å². The van der Waals surface area contributed by atoms with Gasteiger partial charge >= 0.3 is 0 Å². The Morgan fingerprint density at radius 3 is 1.65 bits per heavy atom. The Bertz CT molecular complexity index is 435. The molecule has 148 valence electrons. The van der Waals surface area contributed by atoms with Gasteiger partial charge in [0.25, 0.3) is 0 Å². The zero-order chi connectivity index (χ0) is 18.2. The van der Waals surface area contributed by atoms with Crippen LogP contribution in [0, 0.1) is 41.4 Å². The first-order chi connectivity index (χ1) is 12.8. The van der Waals surface area contributed by atoms with Crippen LogP contribution in [0.4, 0.5) is 0 Å². The van der Waals surface area contributed by atoms with E-state index >= 15 is 0 Å². The van der Waals surface area contributed by atoms with Gasteiger partial charge in [0, 0.05) is 18.4 Å². The molecule has 3 saturated carbocycles. The van der Waals surface area contributed by atoms with E-state index in [4.69, 9.17) is 4.74 Å². The Kier molecular flexibility index (Phi) is 8.38. The monoisotopic (exact) mass is 358 g/mol. The molecule has 26 heavy (non-hydrogen) atoms. The lowest BCUT2D eigenvalue weighted by Crippen LogP contribution is -2.25. The Labute approximate surface area is 163 Å². The molecule has 0 aromatic carbocycles. The average Bonchev–Trinajstić information content (AvgIpc) is 2.72. The van der Waals surface area contributed by atoms with Crippen molar-refractivity contribution in [3.05, 3.63) is 0 Å². The van der Waals surface area contributed by atoms with Crippen molar-refractivity contribution >= 4 is 0 Å². The van der Waals surface area contributed by atoms with Crippen molar-refractivity contribution < 1.29 is 4.74 Å². The zero-order valence-electron chi connectivity index (χ0n) is 17.5. The highest BCUT2D eigenvalue weighted by Crippen LogP contribution is 2.41. The number of hydrogen-bond acceptors (Lipinski definition) is 1. The van der Waals surface area contributed by atoms with Gasteiger partial charge in [-0.2, -0.15) is 0 Å². The lowest BCUT2D eigenvalue weighted by atomic mass is 9.69. The quantitative estimate of drug-likeness (QED) is 0.481. The van der Waals surface area contributed by atoms with Crippen molar-refractivity contribution in [1.82, 2.24) is 0 Å². The highest BCUT2D eigenvalue weighted by molar-refractivity contribution is 5.09. The lowest BCUT2D eigenvalue weighted by Gasteiger charge is -2.37. The first-order valence-corrected chi connectivity index (χ1v) is 11.9. The van der Waals surface area contributed by atoms with Crippen LogP contribution in [0.25, 0.3) is 0 Å². The van der Waals surface area contributed by atoms with Crippen LogP contribution < -0.4 is 0 Å². The van der Waals surface area contributed by atoms with Crippen LogP contribution in [0.1, 0.15) is 104 Å². The topological polar surface area (TPSA) is 9.23 Å². The molecular formula is C25H42O. The molecule has 0 amide bonds. The van der Waals surface area contributed by atoms with E-state index in [1.54, 1.807) is 0 Å². The number of hydrogen-bond donors (Lipinski definition) is 0. The summed E-state index contributed by atoms with van der Waals surface area (Å²) in [5, 5.41) is 0. The zero-order valence-corrected chi connectivity index (χ0v) is 17.5. The van der Waals surface area contributed by atoms with Gasteiger partial charge in [0.1, 0.15) is 0 Å². The second kappa shape index (κ2) is 10.8. The Balaban J connectivity index is 1.34. The van der Waals surface area contributed by atoms with Gasteiger partial charge in [-0.1, -0.05) is 45.0 Å². The third kappa shape index (κ3) is 6.02. The van der Waals surface area contributed by atoms with E-state index in [9.17, 15) is 0 Å². The highest BCUT2D eigenvalue weighted by Gasteiger charge is 2.30. The summed E-state index contributed by atoms with van der Waals surface area (Å²) in [5.41, 5.74) is 0. The van der Waals surface area contributed by atoms with E-state index in [1.807, 2.05) is 0 Å². The molecule has 3 aliphatic rings. The molecule has 1 heteroatoms. The van der Waals surface area contributed by atoms with Crippen molar-refractivity contribution in [3.8, 4) is 11.8 Å². The summed E-state index contributed by atoms with van der Waals surface area (Å²) in [6.07, 6.45) is 19.8. The molecule has 0 N–H and O–H groups in total. The SMILES string of the molecule is CCCOC1CCC(C#CC2CCC(C3CCC(CC)CC3)CC2)CC1. The molecule has 0 bridgehead atoms. The third-order valence-electron chi connectivity index (χ3n) is 7.63. The van der Waals surface area contributed by atoms with Gasteiger partial charge < -0.3 is 4.74 Å². The van der Waals surface area contributed by atoms with Crippen LogP contribution >= 0.6 is 0 Å². The van der Waals surface area contributed by atoms with Crippen molar-refractivity contribution in [1.29, 1.82) is 0 Å². The van der Waals surface area contributed by atoms with E-state index < -0.39 is 0 Å². The van der Waals surface area contributed by atoms with Gasteiger partial charge in [0.15, 0.2) is 0 Å². The van der Waals surface area contributed by atoms with Crippen molar-refractivity contribution in [3.63, 3.8) is 0 Å². The third-order valence-corrected chi connectivity index (χ3v) is 7.63. The van der Waals surface area contributed by atoms with Crippen LogP contribution in [-0.2, 0) is 4.74 Å². The van der Waals surface area contributed by atoms with E-state index in [0.29, 0.717) is 17.9 Å². The summed E-state index contributed by atoms with van der Waals surface area (Å²) in [7, 11) is 0. The molecule has 3 fully saturated rings. The van der Waals surface area contributed by atoms with Gasteiger partial charge in [-0.15, -0.1) is 0 Å². The smallest absolute Gasteiger partial charge is 0.0576 e. The molecular weight excluding hydrogens is 316 g/mol. The Morgan fingerprint density at radius 2 is 1.15 bits per heavy atom. The summed E-state index contributed by atoms with van der Waals surface area (Å²) in [6.45, 7) is 5.51. The molecule has 3 aliphatic carbocycles. The number of rotatable bonds is 5. The van der Waals surface area contributed by atoms with Crippen molar-refractivity contribution in [2.45, 2.75) is 110 Å². The summed E-state index contributed by atoms with van der Waals surface area (Å²) in [6, 6.07) is 0. The lowest BCUT2D eigenvalue weighted by molar-refractivity contribution is 0.0234. The minimum Gasteiger partial charge on any atom is -0.378 e.